The normalized spacial score (nSPS) is 17.8. The van der Waals surface area contributed by atoms with Gasteiger partial charge in [0.2, 0.25) is 11.7 Å². The first-order valence-electron chi connectivity index (χ1n) is 21.9. The van der Waals surface area contributed by atoms with Crippen molar-refractivity contribution in [3.8, 4) is 0 Å². The number of hydrogen-bond donors (Lipinski definition) is 7. The summed E-state index contributed by atoms with van der Waals surface area (Å²) in [5, 5.41) is 35.4. The number of carboxylic acids is 3. The molecule has 16 nitrogen and oxygen atoms in total. The number of carbonyl (C=O) groups excluding carboxylic acids is 2. The molecule has 0 aliphatic carbocycles. The third-order valence-corrected chi connectivity index (χ3v) is 13.2. The van der Waals surface area contributed by atoms with Crippen molar-refractivity contribution in [3.63, 3.8) is 0 Å². The van der Waals surface area contributed by atoms with E-state index in [4.69, 9.17) is 5.11 Å². The lowest BCUT2D eigenvalue weighted by atomic mass is 9.78. The van der Waals surface area contributed by atoms with Crippen LogP contribution in [-0.2, 0) is 40.1 Å². The van der Waals surface area contributed by atoms with Gasteiger partial charge in [0.15, 0.2) is 5.71 Å². The Labute approximate surface area is 371 Å². The summed E-state index contributed by atoms with van der Waals surface area (Å²) in [7, 11) is -4.39. The second kappa shape index (κ2) is 21.4. The summed E-state index contributed by atoms with van der Waals surface area (Å²) in [4.78, 5) is 63.3. The maximum atomic E-state index is 14.3. The summed E-state index contributed by atoms with van der Waals surface area (Å²) in [5.74, 6) is -4.19. The summed E-state index contributed by atoms with van der Waals surface area (Å²) in [6.45, 7) is 15.8. The average Bonchev–Trinajstić information content (AvgIpc) is 3.55. The number of benzene rings is 2. The molecule has 346 valence electrons. The maximum absolute atomic E-state index is 14.3. The molecule has 4 unspecified atom stereocenters. The molecule has 2 heterocycles. The summed E-state index contributed by atoms with van der Waals surface area (Å²) < 4.78 is 36.3. The summed E-state index contributed by atoms with van der Waals surface area (Å²) in [5.41, 5.74) is 4.97. The predicted octanol–water partition coefficient (Wildman–Crippen LogP) is 6.45. The van der Waals surface area contributed by atoms with Crippen LogP contribution in [0.15, 0.2) is 53.4 Å². The van der Waals surface area contributed by atoms with Gasteiger partial charge in [0.25, 0.3) is 16.0 Å². The number of nitrogens with zero attached hydrogens (tertiary/aromatic N) is 2. The molecule has 2 aromatic rings. The van der Waals surface area contributed by atoms with E-state index in [1.165, 1.54) is 6.07 Å². The highest BCUT2D eigenvalue weighted by Gasteiger charge is 2.49. The number of carbonyl (C=O) groups is 5. The minimum atomic E-state index is -4.39. The van der Waals surface area contributed by atoms with E-state index in [1.54, 1.807) is 12.1 Å². The molecular formula is C46H66N5O11S+. The van der Waals surface area contributed by atoms with Gasteiger partial charge in [0.05, 0.1) is 10.3 Å². The van der Waals surface area contributed by atoms with Gasteiger partial charge in [-0.1, -0.05) is 58.2 Å². The summed E-state index contributed by atoms with van der Waals surface area (Å²) in [6.07, 6.45) is 8.88. The van der Waals surface area contributed by atoms with Gasteiger partial charge in [0, 0.05) is 60.8 Å². The van der Waals surface area contributed by atoms with Crippen molar-refractivity contribution in [2.24, 2.45) is 0 Å². The number of aliphatic carboxylic acids is 3. The van der Waals surface area contributed by atoms with Crippen molar-refractivity contribution in [2.45, 2.75) is 159 Å². The van der Waals surface area contributed by atoms with Crippen LogP contribution < -0.4 is 20.9 Å². The van der Waals surface area contributed by atoms with Crippen molar-refractivity contribution < 1.29 is 56.8 Å². The fourth-order valence-corrected chi connectivity index (χ4v) is 9.29. The number of carboxylic acid groups (broad SMARTS) is 3. The van der Waals surface area contributed by atoms with Crippen molar-refractivity contribution in [1.29, 1.82) is 0 Å². The van der Waals surface area contributed by atoms with E-state index < -0.39 is 69.4 Å². The number of aryl methyl sites for hydroxylation is 1. The third-order valence-electron chi connectivity index (χ3n) is 12.4. The van der Waals surface area contributed by atoms with Crippen LogP contribution in [0.1, 0.15) is 129 Å². The first kappa shape index (κ1) is 50.4. The zero-order valence-corrected chi connectivity index (χ0v) is 38.4. The number of rotatable bonds is 24. The zero-order valence-electron chi connectivity index (χ0n) is 37.6. The number of anilines is 1. The van der Waals surface area contributed by atoms with E-state index in [2.05, 4.69) is 91.3 Å². The van der Waals surface area contributed by atoms with Gasteiger partial charge in [-0.2, -0.15) is 13.0 Å². The van der Waals surface area contributed by atoms with Gasteiger partial charge in [0.1, 0.15) is 12.1 Å². The van der Waals surface area contributed by atoms with Gasteiger partial charge < -0.3 is 36.2 Å². The number of urea groups is 1. The molecule has 0 radical (unpaired) electrons. The second-order valence-electron chi connectivity index (χ2n) is 17.8. The second-order valence-corrected chi connectivity index (χ2v) is 19.2. The number of fused-ring (bicyclic) bond motifs is 2. The molecule has 0 bridgehead atoms. The lowest BCUT2D eigenvalue weighted by molar-refractivity contribution is -0.468. The molecule has 7 N–H and O–H groups in total. The van der Waals surface area contributed by atoms with Crippen molar-refractivity contribution in [2.75, 3.05) is 18.0 Å². The van der Waals surface area contributed by atoms with Crippen LogP contribution in [-0.4, -0.2) is 106 Å². The van der Waals surface area contributed by atoms with E-state index in [1.807, 2.05) is 13.0 Å². The first-order chi connectivity index (χ1) is 29.6. The van der Waals surface area contributed by atoms with Crippen LogP contribution in [0.5, 0.6) is 0 Å². The Bertz CT molecular complexity index is 2200. The molecule has 63 heavy (non-hydrogen) atoms. The van der Waals surface area contributed by atoms with Crippen LogP contribution in [0.3, 0.4) is 0 Å². The Morgan fingerprint density at radius 2 is 1.49 bits per heavy atom. The molecular weight excluding hydrogens is 831 g/mol. The highest BCUT2D eigenvalue weighted by atomic mass is 32.2. The highest BCUT2D eigenvalue weighted by molar-refractivity contribution is 7.85. The van der Waals surface area contributed by atoms with Crippen LogP contribution in [0, 0.1) is 6.92 Å². The summed E-state index contributed by atoms with van der Waals surface area (Å²) >= 11 is 0. The van der Waals surface area contributed by atoms with Gasteiger partial charge >= 0.3 is 23.9 Å². The molecule has 0 saturated carbocycles. The number of allylic oxidation sites excluding steroid dienone is 1. The fourth-order valence-electron chi connectivity index (χ4n) is 8.79. The topological polar surface area (TPSA) is 243 Å². The highest BCUT2D eigenvalue weighted by Crippen LogP contribution is 2.48. The molecule has 2 aliphatic heterocycles. The largest absolute Gasteiger partial charge is 0.481 e. The van der Waals surface area contributed by atoms with E-state index in [9.17, 15) is 47.2 Å². The minimum Gasteiger partial charge on any atom is -0.481 e. The molecule has 4 rings (SSSR count). The molecule has 3 amide bonds. The molecule has 17 heteroatoms. The molecule has 0 fully saturated rings. The third kappa shape index (κ3) is 12.3. The van der Waals surface area contributed by atoms with Crippen LogP contribution in [0.2, 0.25) is 0 Å². The fraction of sp³-hybridized carbons (Fsp3) is 0.565. The predicted molar refractivity (Wildman–Crippen MR) is 240 cm³/mol. The van der Waals surface area contributed by atoms with Crippen LogP contribution in [0.4, 0.5) is 16.2 Å². The molecule has 2 aliphatic rings. The monoisotopic (exact) mass is 896 g/mol. The van der Waals surface area contributed by atoms with Crippen LogP contribution in [0.25, 0.3) is 0 Å². The average molecular weight is 897 g/mol. The first-order valence-corrected chi connectivity index (χ1v) is 23.3. The number of amides is 3. The van der Waals surface area contributed by atoms with E-state index >= 15 is 0 Å². The Morgan fingerprint density at radius 3 is 2.10 bits per heavy atom. The number of unbranched alkanes of at least 4 members (excludes halogenated alkanes) is 3. The Balaban J connectivity index is 1.56. The Morgan fingerprint density at radius 1 is 0.841 bits per heavy atom. The zero-order chi connectivity index (χ0) is 46.9. The molecule has 2 aromatic carbocycles. The van der Waals surface area contributed by atoms with Gasteiger partial charge in [-0.05, 0) is 95.5 Å². The van der Waals surface area contributed by atoms with Crippen molar-refractivity contribution in [1.82, 2.24) is 16.0 Å². The molecule has 0 aromatic heterocycles. The quantitative estimate of drug-likeness (QED) is 0.0342. The van der Waals surface area contributed by atoms with E-state index in [0.717, 1.165) is 66.0 Å². The lowest BCUT2D eigenvalue weighted by Gasteiger charge is -2.34. The van der Waals surface area contributed by atoms with E-state index in [0.29, 0.717) is 25.7 Å². The Hall–Kier alpha value is -5.29. The van der Waals surface area contributed by atoms with Gasteiger partial charge in [-0.3, -0.25) is 14.1 Å². The number of hydrogen-bond acceptors (Lipinski definition) is 8. The standard InChI is InChI=1S/C46H65N5O11S/c1-8-10-16-37(41(54)47-25-13-12-15-33(42(55)56)48-44(59)49-34(43(57)58)21-24-40(52)53)51-36-22-19-29(3)27-31(36)46(6,7)39(51)18-14-17-38-45(4,5)32-28-30(63(60,61)62)20-23-35(32)50(38)26-11-9-2/h14,18-20,22-23,27-28,33-34,37-38H,8-13,15-17,21,24-26H2,1-7H3,(H6-,47,48,49,52,53,54,55,56,57,58,59,60,61,62)/p+1/b18-14+. The van der Waals surface area contributed by atoms with Gasteiger partial charge in [-0.15, -0.1) is 0 Å². The lowest BCUT2D eigenvalue weighted by Crippen LogP contribution is -2.51. The van der Waals surface area contributed by atoms with Crippen molar-refractivity contribution >= 4 is 57.1 Å². The number of nitrogens with one attached hydrogen (secondary N) is 3. The van der Waals surface area contributed by atoms with Crippen LogP contribution >= 0.6 is 0 Å². The SMILES string of the molecule is CCCCC(C(=O)NCCCCC(NC(=O)NC(CCC(=O)O)C(=O)O)C(=O)O)[N+]1=C(/C=C/CC2N(CCCC)c3ccc(S(=O)(=O)O)cc3C2(C)C)C(C)(C)c2cc(C)ccc21. The van der Waals surface area contributed by atoms with E-state index in [-0.39, 0.29) is 36.2 Å². The molecule has 0 saturated heterocycles. The van der Waals surface area contributed by atoms with Gasteiger partial charge in [-0.25, -0.2) is 14.4 Å². The minimum absolute atomic E-state index is 0.000957. The molecule has 0 spiro atoms. The Kier molecular flexibility index (Phi) is 17.1. The summed E-state index contributed by atoms with van der Waals surface area (Å²) in [6, 6.07) is 6.61. The smallest absolute Gasteiger partial charge is 0.326 e. The maximum Gasteiger partial charge on any atom is 0.326 e. The molecule has 4 atom stereocenters. The van der Waals surface area contributed by atoms with Crippen molar-refractivity contribution in [3.05, 3.63) is 65.2 Å².